The summed E-state index contributed by atoms with van der Waals surface area (Å²) in [4.78, 5) is 0. The van der Waals surface area contributed by atoms with Crippen LogP contribution in [-0.4, -0.2) is 6.10 Å². The third-order valence-corrected chi connectivity index (χ3v) is 2.82. The molecular weight excluding hydrogens is 262 g/mol. The molecule has 1 heterocycles. The fraction of sp³-hybridized carbons (Fsp3) is 0.333. The molecule has 4 heteroatoms. The van der Waals surface area contributed by atoms with Crippen molar-refractivity contribution in [2.75, 3.05) is 0 Å². The first kappa shape index (κ1) is 14.0. The molecule has 1 aromatic heterocycles. The van der Waals surface area contributed by atoms with E-state index in [4.69, 9.17) is 20.8 Å². The maximum atomic E-state index is 6.03. The normalized spacial score (nSPS) is 10.9. The molecule has 0 radical (unpaired) electrons. The van der Waals surface area contributed by atoms with Gasteiger partial charge >= 0.3 is 0 Å². The minimum Gasteiger partial charge on any atom is -0.491 e. The van der Waals surface area contributed by atoms with Crippen LogP contribution in [0.4, 0.5) is 0 Å². The van der Waals surface area contributed by atoms with E-state index < -0.39 is 0 Å². The van der Waals surface area contributed by atoms with E-state index >= 15 is 0 Å². The Morgan fingerprint density at radius 2 is 2.11 bits per heavy atom. The summed E-state index contributed by atoms with van der Waals surface area (Å²) in [6, 6.07) is 9.50. The Morgan fingerprint density at radius 3 is 2.79 bits per heavy atom. The van der Waals surface area contributed by atoms with Crippen molar-refractivity contribution in [2.45, 2.75) is 33.0 Å². The number of rotatable bonds is 6. The lowest BCUT2D eigenvalue weighted by Crippen LogP contribution is -2.14. The Bertz CT molecular complexity index is 509. The molecule has 0 saturated carbocycles. The van der Waals surface area contributed by atoms with Crippen molar-refractivity contribution < 1.29 is 9.15 Å². The van der Waals surface area contributed by atoms with E-state index in [-0.39, 0.29) is 6.10 Å². The molecular formula is C15H18ClNO2. The first-order valence-corrected chi connectivity index (χ1v) is 6.71. The number of furan rings is 1. The van der Waals surface area contributed by atoms with Crippen LogP contribution < -0.4 is 10.1 Å². The van der Waals surface area contributed by atoms with Gasteiger partial charge in [0.15, 0.2) is 0 Å². The molecule has 2 rings (SSSR count). The SMILES string of the molecule is CC(C)Oc1ccc(Cl)cc1CNCc1ccco1. The lowest BCUT2D eigenvalue weighted by atomic mass is 10.2. The summed E-state index contributed by atoms with van der Waals surface area (Å²) in [6.45, 7) is 5.38. The van der Waals surface area contributed by atoms with Crippen LogP contribution >= 0.6 is 11.6 Å². The molecule has 102 valence electrons. The highest BCUT2D eigenvalue weighted by atomic mass is 35.5. The molecule has 0 aliphatic heterocycles. The Labute approximate surface area is 118 Å². The number of hydrogen-bond acceptors (Lipinski definition) is 3. The summed E-state index contributed by atoms with van der Waals surface area (Å²) in [5.74, 6) is 1.78. The first-order chi connectivity index (χ1) is 9.15. The van der Waals surface area contributed by atoms with E-state index in [0.717, 1.165) is 17.1 Å². The summed E-state index contributed by atoms with van der Waals surface area (Å²) < 4.78 is 11.0. The van der Waals surface area contributed by atoms with Gasteiger partial charge in [0.2, 0.25) is 0 Å². The Kier molecular flexibility index (Phi) is 4.88. The minimum atomic E-state index is 0.144. The summed E-state index contributed by atoms with van der Waals surface area (Å²) in [5, 5.41) is 4.03. The predicted octanol–water partition coefficient (Wildman–Crippen LogP) is 4.01. The summed E-state index contributed by atoms with van der Waals surface area (Å²) in [6.07, 6.45) is 1.81. The number of nitrogens with one attached hydrogen (secondary N) is 1. The Balaban J connectivity index is 1.99. The van der Waals surface area contributed by atoms with Crippen molar-refractivity contribution in [3.63, 3.8) is 0 Å². The molecule has 0 bridgehead atoms. The second-order valence-electron chi connectivity index (χ2n) is 4.60. The van der Waals surface area contributed by atoms with Crippen LogP contribution in [0, 0.1) is 0 Å². The van der Waals surface area contributed by atoms with Crippen LogP contribution in [0.1, 0.15) is 25.2 Å². The topological polar surface area (TPSA) is 34.4 Å². The lowest BCUT2D eigenvalue weighted by molar-refractivity contribution is 0.239. The van der Waals surface area contributed by atoms with Gasteiger partial charge in [0, 0.05) is 17.1 Å². The molecule has 0 amide bonds. The van der Waals surface area contributed by atoms with Crippen LogP contribution in [-0.2, 0) is 13.1 Å². The maximum absolute atomic E-state index is 6.03. The number of hydrogen-bond donors (Lipinski definition) is 1. The Morgan fingerprint density at radius 1 is 1.26 bits per heavy atom. The monoisotopic (exact) mass is 279 g/mol. The number of halogens is 1. The summed E-state index contributed by atoms with van der Waals surface area (Å²) in [7, 11) is 0. The lowest BCUT2D eigenvalue weighted by Gasteiger charge is -2.15. The first-order valence-electron chi connectivity index (χ1n) is 6.33. The van der Waals surface area contributed by atoms with E-state index in [9.17, 15) is 0 Å². The number of ether oxygens (including phenoxy) is 1. The third-order valence-electron chi connectivity index (χ3n) is 2.58. The largest absolute Gasteiger partial charge is 0.491 e. The maximum Gasteiger partial charge on any atom is 0.124 e. The van der Waals surface area contributed by atoms with Crippen molar-refractivity contribution in [1.29, 1.82) is 0 Å². The molecule has 0 fully saturated rings. The van der Waals surface area contributed by atoms with Crippen LogP contribution in [0.25, 0.3) is 0 Å². The molecule has 2 aromatic rings. The van der Waals surface area contributed by atoms with Gasteiger partial charge in [-0.15, -0.1) is 0 Å². The van der Waals surface area contributed by atoms with E-state index in [1.807, 2.05) is 44.2 Å². The van der Waals surface area contributed by atoms with Crippen molar-refractivity contribution in [3.8, 4) is 5.75 Å². The molecule has 0 unspecified atom stereocenters. The highest BCUT2D eigenvalue weighted by Gasteiger charge is 2.07. The average molecular weight is 280 g/mol. The van der Waals surface area contributed by atoms with Crippen molar-refractivity contribution in [3.05, 3.63) is 52.9 Å². The van der Waals surface area contributed by atoms with Gasteiger partial charge in [-0.3, -0.25) is 0 Å². The fourth-order valence-corrected chi connectivity index (χ4v) is 1.98. The fourth-order valence-electron chi connectivity index (χ4n) is 1.79. The quantitative estimate of drug-likeness (QED) is 0.867. The zero-order chi connectivity index (χ0) is 13.7. The van der Waals surface area contributed by atoms with Gasteiger partial charge in [-0.1, -0.05) is 11.6 Å². The van der Waals surface area contributed by atoms with Gasteiger partial charge in [0.1, 0.15) is 11.5 Å². The highest BCUT2D eigenvalue weighted by Crippen LogP contribution is 2.24. The molecule has 1 aromatic carbocycles. The van der Waals surface area contributed by atoms with Crippen molar-refractivity contribution >= 4 is 11.6 Å². The summed E-state index contributed by atoms with van der Waals surface area (Å²) >= 11 is 6.03. The van der Waals surface area contributed by atoms with Gasteiger partial charge in [0.25, 0.3) is 0 Å². The third kappa shape index (κ3) is 4.30. The van der Waals surface area contributed by atoms with Gasteiger partial charge in [-0.05, 0) is 44.2 Å². The zero-order valence-corrected chi connectivity index (χ0v) is 11.9. The molecule has 0 aliphatic carbocycles. The van der Waals surface area contributed by atoms with Crippen LogP contribution in [0.15, 0.2) is 41.0 Å². The highest BCUT2D eigenvalue weighted by molar-refractivity contribution is 6.30. The standard InChI is InChI=1S/C15H18ClNO2/c1-11(2)19-15-6-5-13(16)8-12(15)9-17-10-14-4-3-7-18-14/h3-8,11,17H,9-10H2,1-2H3. The van der Waals surface area contributed by atoms with E-state index in [1.54, 1.807) is 6.26 Å². The van der Waals surface area contributed by atoms with Crippen LogP contribution in [0.3, 0.4) is 0 Å². The smallest absolute Gasteiger partial charge is 0.124 e. The van der Waals surface area contributed by atoms with Gasteiger partial charge in [0.05, 0.1) is 18.9 Å². The number of benzene rings is 1. The van der Waals surface area contributed by atoms with Crippen molar-refractivity contribution in [1.82, 2.24) is 5.32 Å². The van der Waals surface area contributed by atoms with E-state index in [1.165, 1.54) is 0 Å². The molecule has 1 N–H and O–H groups in total. The average Bonchev–Trinajstić information content (AvgIpc) is 2.85. The second-order valence-corrected chi connectivity index (χ2v) is 5.04. The van der Waals surface area contributed by atoms with E-state index in [2.05, 4.69) is 5.32 Å². The molecule has 19 heavy (non-hydrogen) atoms. The van der Waals surface area contributed by atoms with Crippen LogP contribution in [0.5, 0.6) is 5.75 Å². The molecule has 0 atom stereocenters. The Hall–Kier alpha value is -1.45. The molecule has 0 saturated heterocycles. The predicted molar refractivity (Wildman–Crippen MR) is 76.5 cm³/mol. The summed E-state index contributed by atoms with van der Waals surface area (Å²) in [5.41, 5.74) is 1.05. The molecule has 0 spiro atoms. The second kappa shape index (κ2) is 6.64. The van der Waals surface area contributed by atoms with E-state index in [0.29, 0.717) is 18.1 Å². The van der Waals surface area contributed by atoms with Gasteiger partial charge in [-0.25, -0.2) is 0 Å². The van der Waals surface area contributed by atoms with Crippen LogP contribution in [0.2, 0.25) is 5.02 Å². The molecule has 3 nitrogen and oxygen atoms in total. The minimum absolute atomic E-state index is 0.144. The van der Waals surface area contributed by atoms with Gasteiger partial charge in [-0.2, -0.15) is 0 Å². The molecule has 0 aliphatic rings. The zero-order valence-electron chi connectivity index (χ0n) is 11.2. The van der Waals surface area contributed by atoms with Crippen molar-refractivity contribution in [2.24, 2.45) is 0 Å². The van der Waals surface area contributed by atoms with Gasteiger partial charge < -0.3 is 14.5 Å².